The molecule has 1 heterocycles. The first kappa shape index (κ1) is 24.1. The summed E-state index contributed by atoms with van der Waals surface area (Å²) in [6, 6.07) is -1.75. The number of carboxylic acids is 1. The van der Waals surface area contributed by atoms with Gasteiger partial charge in [0.2, 0.25) is 23.6 Å². The molecule has 0 aromatic heterocycles. The monoisotopic (exact) mass is 410 g/mol. The Kier molecular flexibility index (Phi) is 9.84. The number of carbonyl (C=O) groups is 5. The van der Waals surface area contributed by atoms with Crippen LogP contribution in [0.5, 0.6) is 0 Å². The van der Waals surface area contributed by atoms with Crippen LogP contribution in [0, 0.1) is 0 Å². The third-order valence-electron chi connectivity index (χ3n) is 4.57. The lowest BCUT2D eigenvalue weighted by Gasteiger charge is -2.25. The molecule has 4 N–H and O–H groups in total. The van der Waals surface area contributed by atoms with Gasteiger partial charge in [0.1, 0.15) is 12.1 Å². The van der Waals surface area contributed by atoms with Crippen molar-refractivity contribution in [2.45, 2.75) is 58.0 Å². The first-order valence-corrected chi connectivity index (χ1v) is 9.70. The van der Waals surface area contributed by atoms with Gasteiger partial charge < -0.3 is 26.0 Å². The SMILES string of the molecule is C=C(C)C(=O)NCC(=O)NCC(=O)N1CCCC1C(=O)NC(CCCC)C(=O)O. The van der Waals surface area contributed by atoms with Crippen molar-refractivity contribution in [3.63, 3.8) is 0 Å². The van der Waals surface area contributed by atoms with E-state index >= 15 is 0 Å². The van der Waals surface area contributed by atoms with Crippen LogP contribution < -0.4 is 16.0 Å². The van der Waals surface area contributed by atoms with E-state index in [4.69, 9.17) is 0 Å². The van der Waals surface area contributed by atoms with Crippen molar-refractivity contribution in [2.75, 3.05) is 19.6 Å². The zero-order valence-corrected chi connectivity index (χ0v) is 17.0. The molecule has 2 unspecified atom stereocenters. The minimum atomic E-state index is -1.10. The van der Waals surface area contributed by atoms with E-state index in [2.05, 4.69) is 22.5 Å². The fourth-order valence-electron chi connectivity index (χ4n) is 2.92. The number of carbonyl (C=O) groups excluding carboxylic acids is 4. The molecule has 1 rings (SSSR count). The lowest BCUT2D eigenvalue weighted by molar-refractivity contribution is -0.144. The zero-order valence-electron chi connectivity index (χ0n) is 17.0. The Labute approximate surface area is 170 Å². The number of nitrogens with one attached hydrogen (secondary N) is 3. The number of unbranched alkanes of at least 4 members (excludes halogenated alkanes) is 1. The lowest BCUT2D eigenvalue weighted by Crippen LogP contribution is -2.52. The molecule has 0 bridgehead atoms. The number of nitrogens with zero attached hydrogens (tertiary/aromatic N) is 1. The highest BCUT2D eigenvalue weighted by molar-refractivity contribution is 5.96. The maximum Gasteiger partial charge on any atom is 0.326 e. The molecule has 0 aromatic carbocycles. The van der Waals surface area contributed by atoms with Crippen LogP contribution >= 0.6 is 0 Å². The molecule has 1 aliphatic heterocycles. The van der Waals surface area contributed by atoms with E-state index in [-0.39, 0.29) is 18.7 Å². The van der Waals surface area contributed by atoms with Gasteiger partial charge in [0.15, 0.2) is 0 Å². The maximum atomic E-state index is 12.5. The number of hydrogen-bond donors (Lipinski definition) is 4. The van der Waals surface area contributed by atoms with Crippen LogP contribution in [0.1, 0.15) is 46.0 Å². The van der Waals surface area contributed by atoms with Gasteiger partial charge in [-0.3, -0.25) is 19.2 Å². The standard InChI is InChI=1S/C19H30N4O6/c1-4-5-7-13(19(28)29)22-18(27)14-8-6-9-23(14)16(25)11-20-15(24)10-21-17(26)12(2)3/h13-14H,2,4-11H2,1,3H3,(H,20,24)(H,21,26)(H,22,27)(H,28,29). The van der Waals surface area contributed by atoms with Gasteiger partial charge in [0.05, 0.1) is 13.1 Å². The van der Waals surface area contributed by atoms with Gasteiger partial charge in [-0.25, -0.2) is 4.79 Å². The minimum Gasteiger partial charge on any atom is -0.480 e. The average Bonchev–Trinajstić information content (AvgIpc) is 3.16. The second-order valence-corrected chi connectivity index (χ2v) is 7.03. The molecule has 10 nitrogen and oxygen atoms in total. The van der Waals surface area contributed by atoms with Crippen molar-refractivity contribution in [3.05, 3.63) is 12.2 Å². The van der Waals surface area contributed by atoms with Gasteiger partial charge in [-0.05, 0) is 26.2 Å². The molecular formula is C19H30N4O6. The Balaban J connectivity index is 2.55. The van der Waals surface area contributed by atoms with Gasteiger partial charge in [-0.2, -0.15) is 0 Å². The third kappa shape index (κ3) is 7.92. The highest BCUT2D eigenvalue weighted by Gasteiger charge is 2.35. The Morgan fingerprint density at radius 1 is 1.17 bits per heavy atom. The van der Waals surface area contributed by atoms with Gasteiger partial charge in [-0.15, -0.1) is 0 Å². The smallest absolute Gasteiger partial charge is 0.326 e. The van der Waals surface area contributed by atoms with Crippen molar-refractivity contribution < 1.29 is 29.1 Å². The predicted molar refractivity (Wildman–Crippen MR) is 105 cm³/mol. The van der Waals surface area contributed by atoms with Gasteiger partial charge >= 0.3 is 5.97 Å². The van der Waals surface area contributed by atoms with Crippen molar-refractivity contribution in [2.24, 2.45) is 0 Å². The summed E-state index contributed by atoms with van der Waals surface area (Å²) in [5.41, 5.74) is 0.262. The zero-order chi connectivity index (χ0) is 22.0. The number of likely N-dealkylation sites (tertiary alicyclic amines) is 1. The van der Waals surface area contributed by atoms with Crippen molar-refractivity contribution in [1.29, 1.82) is 0 Å². The molecule has 1 aliphatic rings. The van der Waals surface area contributed by atoms with E-state index < -0.39 is 41.7 Å². The molecule has 0 spiro atoms. The second-order valence-electron chi connectivity index (χ2n) is 7.03. The number of amides is 4. The lowest BCUT2D eigenvalue weighted by atomic mass is 10.1. The third-order valence-corrected chi connectivity index (χ3v) is 4.57. The van der Waals surface area contributed by atoms with Crippen LogP contribution in [-0.2, 0) is 24.0 Å². The Hall–Kier alpha value is -2.91. The number of rotatable bonds is 11. The fourth-order valence-corrected chi connectivity index (χ4v) is 2.92. The molecule has 1 fully saturated rings. The highest BCUT2D eigenvalue weighted by Crippen LogP contribution is 2.18. The van der Waals surface area contributed by atoms with E-state index in [1.807, 2.05) is 6.92 Å². The number of carboxylic acid groups (broad SMARTS) is 1. The number of aliphatic carboxylic acids is 1. The molecule has 0 aromatic rings. The van der Waals surface area contributed by atoms with E-state index in [1.165, 1.54) is 11.8 Å². The van der Waals surface area contributed by atoms with Crippen molar-refractivity contribution in [1.82, 2.24) is 20.9 Å². The Bertz CT molecular complexity index is 663. The van der Waals surface area contributed by atoms with Crippen molar-refractivity contribution in [3.8, 4) is 0 Å². The van der Waals surface area contributed by atoms with Crippen LogP contribution in [0.2, 0.25) is 0 Å². The molecular weight excluding hydrogens is 380 g/mol. The number of hydrogen-bond acceptors (Lipinski definition) is 5. The summed E-state index contributed by atoms with van der Waals surface area (Å²) in [5.74, 6) is -3.05. The normalized spacial score (nSPS) is 16.6. The van der Waals surface area contributed by atoms with Gasteiger partial charge in [0, 0.05) is 12.1 Å². The minimum absolute atomic E-state index is 0.262. The summed E-state index contributed by atoms with van der Waals surface area (Å²) in [6.45, 7) is 6.63. The molecule has 0 saturated carbocycles. The first-order chi connectivity index (χ1) is 13.7. The summed E-state index contributed by atoms with van der Waals surface area (Å²) in [7, 11) is 0. The van der Waals surface area contributed by atoms with Crippen LogP contribution in [0.25, 0.3) is 0 Å². The van der Waals surface area contributed by atoms with E-state index in [0.717, 1.165) is 6.42 Å². The molecule has 0 aliphatic carbocycles. The van der Waals surface area contributed by atoms with Crippen LogP contribution in [-0.4, -0.2) is 71.3 Å². The summed E-state index contributed by atoms with van der Waals surface area (Å²) in [5, 5.41) is 16.5. The molecule has 4 amide bonds. The van der Waals surface area contributed by atoms with E-state index in [9.17, 15) is 29.1 Å². The van der Waals surface area contributed by atoms with Crippen LogP contribution in [0.3, 0.4) is 0 Å². The maximum absolute atomic E-state index is 12.5. The average molecular weight is 410 g/mol. The Morgan fingerprint density at radius 2 is 1.86 bits per heavy atom. The van der Waals surface area contributed by atoms with Crippen LogP contribution in [0.15, 0.2) is 12.2 Å². The summed E-state index contributed by atoms with van der Waals surface area (Å²) >= 11 is 0. The summed E-state index contributed by atoms with van der Waals surface area (Å²) in [6.07, 6.45) is 2.84. The first-order valence-electron chi connectivity index (χ1n) is 9.70. The van der Waals surface area contributed by atoms with Gasteiger partial charge in [0.25, 0.3) is 0 Å². The molecule has 2 atom stereocenters. The quantitative estimate of drug-likeness (QED) is 0.339. The molecule has 1 saturated heterocycles. The van der Waals surface area contributed by atoms with Crippen molar-refractivity contribution >= 4 is 29.6 Å². The topological polar surface area (TPSA) is 145 Å². The summed E-state index contributed by atoms with van der Waals surface area (Å²) in [4.78, 5) is 60.7. The van der Waals surface area contributed by atoms with E-state index in [1.54, 1.807) is 0 Å². The Morgan fingerprint density at radius 3 is 2.45 bits per heavy atom. The molecule has 162 valence electrons. The summed E-state index contributed by atoms with van der Waals surface area (Å²) < 4.78 is 0. The molecule has 10 heteroatoms. The predicted octanol–water partition coefficient (Wildman–Crippen LogP) is -0.454. The van der Waals surface area contributed by atoms with Crippen LogP contribution in [0.4, 0.5) is 0 Å². The van der Waals surface area contributed by atoms with Gasteiger partial charge in [-0.1, -0.05) is 26.3 Å². The molecule has 29 heavy (non-hydrogen) atoms. The molecule has 0 radical (unpaired) electrons. The fraction of sp³-hybridized carbons (Fsp3) is 0.632. The van der Waals surface area contributed by atoms with E-state index in [0.29, 0.717) is 32.2 Å². The highest BCUT2D eigenvalue weighted by atomic mass is 16.4. The second kappa shape index (κ2) is 11.8. The largest absolute Gasteiger partial charge is 0.480 e.